The zero-order valence-corrected chi connectivity index (χ0v) is 20.4. The number of hydrogen-bond donors (Lipinski definition) is 1. The lowest BCUT2D eigenvalue weighted by Crippen LogP contribution is -2.38. The van der Waals surface area contributed by atoms with Crippen LogP contribution in [0.4, 0.5) is 0 Å². The van der Waals surface area contributed by atoms with Crippen molar-refractivity contribution in [2.24, 2.45) is 0 Å². The van der Waals surface area contributed by atoms with Crippen LogP contribution < -0.4 is 19.5 Å². The molecule has 1 unspecified atom stereocenters. The standard InChI is InChI=1S/C25H31N3O4S/c1-5-28(6-2)22(18-8-7-9-21(12-18)30-3)14-26-25(29)19-10-11-23(24(13-19)31-4)32-15-20-16-33-17-27-20/h7-13,16-17,22H,5-6,14-15H2,1-4H3,(H,26,29). The summed E-state index contributed by atoms with van der Waals surface area (Å²) in [4.78, 5) is 19.5. The van der Waals surface area contributed by atoms with Crippen LogP contribution in [-0.2, 0) is 6.61 Å². The van der Waals surface area contributed by atoms with E-state index in [4.69, 9.17) is 14.2 Å². The predicted molar refractivity (Wildman–Crippen MR) is 130 cm³/mol. The largest absolute Gasteiger partial charge is 0.497 e. The minimum Gasteiger partial charge on any atom is -0.497 e. The SMILES string of the molecule is CCN(CC)C(CNC(=O)c1ccc(OCc2cscn2)c(OC)c1)c1cccc(OC)c1. The first kappa shape index (κ1) is 24.5. The van der Waals surface area contributed by atoms with Gasteiger partial charge in [0, 0.05) is 17.5 Å². The van der Waals surface area contributed by atoms with Gasteiger partial charge in [-0.15, -0.1) is 11.3 Å². The van der Waals surface area contributed by atoms with Gasteiger partial charge in [0.2, 0.25) is 0 Å². The number of methoxy groups -OCH3 is 2. The van der Waals surface area contributed by atoms with E-state index in [0.717, 1.165) is 30.1 Å². The number of carbonyl (C=O) groups is 1. The van der Waals surface area contributed by atoms with Gasteiger partial charge in [0.15, 0.2) is 11.5 Å². The minimum atomic E-state index is -0.167. The topological polar surface area (TPSA) is 72.9 Å². The smallest absolute Gasteiger partial charge is 0.251 e. The fraction of sp³-hybridized carbons (Fsp3) is 0.360. The van der Waals surface area contributed by atoms with Gasteiger partial charge in [-0.05, 0) is 49.0 Å². The third-order valence-electron chi connectivity index (χ3n) is 5.47. The molecule has 3 aromatic rings. The van der Waals surface area contributed by atoms with E-state index in [0.29, 0.717) is 30.2 Å². The predicted octanol–water partition coefficient (Wildman–Crippen LogP) is 4.55. The third-order valence-corrected chi connectivity index (χ3v) is 6.11. The van der Waals surface area contributed by atoms with Crippen LogP contribution in [0.15, 0.2) is 53.4 Å². The number of rotatable bonds is 12. The Hall–Kier alpha value is -3.10. The summed E-state index contributed by atoms with van der Waals surface area (Å²) in [7, 11) is 3.22. The summed E-state index contributed by atoms with van der Waals surface area (Å²) in [5.74, 6) is 1.71. The Morgan fingerprint density at radius 2 is 1.91 bits per heavy atom. The minimum absolute atomic E-state index is 0.0293. The molecule has 2 aromatic carbocycles. The lowest BCUT2D eigenvalue weighted by atomic mass is 10.0. The highest BCUT2D eigenvalue weighted by atomic mass is 32.1. The molecule has 1 heterocycles. The van der Waals surface area contributed by atoms with Crippen molar-refractivity contribution < 1.29 is 19.0 Å². The van der Waals surface area contributed by atoms with Crippen LogP contribution in [0.2, 0.25) is 0 Å². The number of benzene rings is 2. The van der Waals surface area contributed by atoms with Crippen molar-refractivity contribution in [2.75, 3.05) is 33.9 Å². The summed E-state index contributed by atoms with van der Waals surface area (Å²) in [5.41, 5.74) is 4.22. The van der Waals surface area contributed by atoms with Gasteiger partial charge < -0.3 is 19.5 Å². The van der Waals surface area contributed by atoms with Gasteiger partial charge in [-0.25, -0.2) is 4.98 Å². The summed E-state index contributed by atoms with van der Waals surface area (Å²) < 4.78 is 16.7. The maximum atomic E-state index is 13.0. The van der Waals surface area contributed by atoms with E-state index in [1.165, 1.54) is 11.3 Å². The quantitative estimate of drug-likeness (QED) is 0.420. The summed E-state index contributed by atoms with van der Waals surface area (Å²) in [6.45, 7) is 6.79. The van der Waals surface area contributed by atoms with Gasteiger partial charge in [-0.1, -0.05) is 26.0 Å². The lowest BCUT2D eigenvalue weighted by Gasteiger charge is -2.30. The van der Waals surface area contributed by atoms with E-state index in [-0.39, 0.29) is 11.9 Å². The summed E-state index contributed by atoms with van der Waals surface area (Å²) in [6, 6.07) is 13.2. The second-order valence-electron chi connectivity index (χ2n) is 7.36. The monoisotopic (exact) mass is 469 g/mol. The van der Waals surface area contributed by atoms with Crippen LogP contribution in [0.3, 0.4) is 0 Å². The highest BCUT2D eigenvalue weighted by molar-refractivity contribution is 7.07. The van der Waals surface area contributed by atoms with Gasteiger partial charge in [-0.3, -0.25) is 9.69 Å². The molecule has 1 atom stereocenters. The van der Waals surface area contributed by atoms with Crippen LogP contribution in [0, 0.1) is 0 Å². The van der Waals surface area contributed by atoms with E-state index in [2.05, 4.69) is 35.1 Å². The first-order valence-corrected chi connectivity index (χ1v) is 11.9. The number of carbonyl (C=O) groups excluding carboxylic acids is 1. The number of thiazole rings is 1. The van der Waals surface area contributed by atoms with Crippen molar-refractivity contribution in [2.45, 2.75) is 26.5 Å². The molecule has 0 fully saturated rings. The van der Waals surface area contributed by atoms with E-state index in [9.17, 15) is 4.79 Å². The van der Waals surface area contributed by atoms with Crippen molar-refractivity contribution in [3.8, 4) is 17.2 Å². The van der Waals surface area contributed by atoms with Crippen molar-refractivity contribution in [1.82, 2.24) is 15.2 Å². The number of nitrogens with one attached hydrogen (secondary N) is 1. The molecule has 0 aliphatic rings. The lowest BCUT2D eigenvalue weighted by molar-refractivity contribution is 0.0934. The summed E-state index contributed by atoms with van der Waals surface area (Å²) >= 11 is 1.52. The molecule has 3 rings (SSSR count). The third kappa shape index (κ3) is 6.46. The molecular formula is C25H31N3O4S. The average molecular weight is 470 g/mol. The Morgan fingerprint density at radius 1 is 1.09 bits per heavy atom. The Labute approximate surface area is 199 Å². The van der Waals surface area contributed by atoms with Gasteiger partial charge in [0.05, 0.1) is 31.5 Å². The molecule has 0 saturated heterocycles. The number of ether oxygens (including phenoxy) is 3. The highest BCUT2D eigenvalue weighted by Gasteiger charge is 2.20. The number of amides is 1. The summed E-state index contributed by atoms with van der Waals surface area (Å²) in [6.07, 6.45) is 0. The van der Waals surface area contributed by atoms with Crippen molar-refractivity contribution in [1.29, 1.82) is 0 Å². The first-order chi connectivity index (χ1) is 16.1. The molecule has 0 aliphatic carbocycles. The molecule has 176 valence electrons. The van der Waals surface area contributed by atoms with Crippen LogP contribution in [0.1, 0.15) is 41.5 Å². The average Bonchev–Trinajstić information content (AvgIpc) is 3.38. The normalized spacial score (nSPS) is 11.8. The van der Waals surface area contributed by atoms with Crippen LogP contribution in [0.5, 0.6) is 17.2 Å². The molecule has 0 saturated carbocycles. The number of likely N-dealkylation sites (N-methyl/N-ethyl adjacent to an activating group) is 1. The number of nitrogens with zero attached hydrogens (tertiary/aromatic N) is 2. The maximum absolute atomic E-state index is 13.0. The molecular weight excluding hydrogens is 438 g/mol. The molecule has 0 radical (unpaired) electrons. The molecule has 8 heteroatoms. The fourth-order valence-electron chi connectivity index (χ4n) is 3.65. The van der Waals surface area contributed by atoms with Crippen molar-refractivity contribution in [3.05, 3.63) is 70.2 Å². The summed E-state index contributed by atoms with van der Waals surface area (Å²) in [5, 5.41) is 5.02. The van der Waals surface area contributed by atoms with Crippen LogP contribution in [-0.4, -0.2) is 49.6 Å². The Balaban J connectivity index is 1.71. The molecule has 33 heavy (non-hydrogen) atoms. The molecule has 1 N–H and O–H groups in total. The fourth-order valence-corrected chi connectivity index (χ4v) is 4.19. The molecule has 0 bridgehead atoms. The second kappa shape index (κ2) is 12.2. The van der Waals surface area contributed by atoms with Crippen LogP contribution >= 0.6 is 11.3 Å². The van der Waals surface area contributed by atoms with Crippen LogP contribution in [0.25, 0.3) is 0 Å². The molecule has 1 amide bonds. The zero-order chi connectivity index (χ0) is 23.6. The van der Waals surface area contributed by atoms with Crippen molar-refractivity contribution >= 4 is 17.2 Å². The molecule has 0 aliphatic heterocycles. The van der Waals surface area contributed by atoms with Gasteiger partial charge in [0.1, 0.15) is 12.4 Å². The molecule has 7 nitrogen and oxygen atoms in total. The van der Waals surface area contributed by atoms with Gasteiger partial charge in [-0.2, -0.15) is 0 Å². The van der Waals surface area contributed by atoms with Gasteiger partial charge in [0.25, 0.3) is 5.91 Å². The Bertz CT molecular complexity index is 1020. The van der Waals surface area contributed by atoms with E-state index in [1.54, 1.807) is 37.9 Å². The second-order valence-corrected chi connectivity index (χ2v) is 8.08. The van der Waals surface area contributed by atoms with E-state index < -0.39 is 0 Å². The van der Waals surface area contributed by atoms with E-state index >= 15 is 0 Å². The molecule has 0 spiro atoms. The molecule has 1 aromatic heterocycles. The Kier molecular flexibility index (Phi) is 9.09. The first-order valence-electron chi connectivity index (χ1n) is 10.9. The number of aromatic nitrogens is 1. The maximum Gasteiger partial charge on any atom is 0.251 e. The Morgan fingerprint density at radius 3 is 2.58 bits per heavy atom. The van der Waals surface area contributed by atoms with E-state index in [1.807, 2.05) is 23.6 Å². The highest BCUT2D eigenvalue weighted by Crippen LogP contribution is 2.29. The van der Waals surface area contributed by atoms with Gasteiger partial charge >= 0.3 is 0 Å². The number of hydrogen-bond acceptors (Lipinski definition) is 7. The zero-order valence-electron chi connectivity index (χ0n) is 19.5. The van der Waals surface area contributed by atoms with Crippen molar-refractivity contribution in [3.63, 3.8) is 0 Å².